The molecule has 3 heteroatoms. The highest BCUT2D eigenvalue weighted by atomic mass is 16.0. The predicted octanol–water partition coefficient (Wildman–Crippen LogP) is 7.62. The summed E-state index contributed by atoms with van der Waals surface area (Å²) in [5.74, 6) is 0. The lowest BCUT2D eigenvalue weighted by molar-refractivity contribution is -0.929. The molecule has 0 bridgehead atoms. The molecule has 0 spiro atoms. The van der Waals surface area contributed by atoms with Gasteiger partial charge in [-0.15, -0.1) is 0 Å². The third kappa shape index (κ3) is 18.0. The number of rotatable bonds is 20. The molecule has 2 N–H and O–H groups in total. The molecule has 31 heavy (non-hydrogen) atoms. The molecule has 0 unspecified atom stereocenters. The number of nitrogens with zero attached hydrogens (tertiary/aromatic N) is 2. The largest absolute Gasteiger partial charge is 0.412 e. The molecule has 0 fully saturated rings. The second-order valence-corrected chi connectivity index (χ2v) is 9.89. The fraction of sp³-hybridized carbons (Fsp3) is 1.00. The molecule has 0 aromatic rings. The van der Waals surface area contributed by atoms with Gasteiger partial charge in [-0.1, -0.05) is 81.1 Å². The maximum atomic E-state index is 2.33. The summed E-state index contributed by atoms with van der Waals surface area (Å²) >= 11 is 0. The first kappa shape index (κ1) is 35.5. The van der Waals surface area contributed by atoms with Gasteiger partial charge in [0.2, 0.25) is 0 Å². The Morgan fingerprint density at radius 3 is 0.645 bits per heavy atom. The summed E-state index contributed by atoms with van der Waals surface area (Å²) in [4.78, 5) is 0. The maximum Gasteiger partial charge on any atom is 0.0786 e. The third-order valence-electron chi connectivity index (χ3n) is 6.74. The van der Waals surface area contributed by atoms with Crippen LogP contribution in [0.1, 0.15) is 132 Å². The summed E-state index contributed by atoms with van der Waals surface area (Å²) in [5, 5.41) is 0. The van der Waals surface area contributed by atoms with E-state index in [4.69, 9.17) is 0 Å². The molecule has 0 aromatic heterocycles. The Bertz CT molecular complexity index is 266. The standard InChI is InChI=1S/C16H36N.C12H28N.H2O/c1-5-9-13-17(14-10-6-2,15-11-7-3)16-12-8-4;1-5-9-13(10-6-2,11-7-3)12-8-4;/h5-16H2,1-4H3;5-12H2,1-4H3;1H2/q2*+1;. The van der Waals surface area contributed by atoms with E-state index < -0.39 is 0 Å². The Kier molecular flexibility index (Phi) is 28.1. The quantitative estimate of drug-likeness (QED) is 0.172. The van der Waals surface area contributed by atoms with Gasteiger partial charge in [0.1, 0.15) is 0 Å². The van der Waals surface area contributed by atoms with Crippen molar-refractivity contribution in [2.75, 3.05) is 52.4 Å². The van der Waals surface area contributed by atoms with Gasteiger partial charge in [-0.3, -0.25) is 0 Å². The van der Waals surface area contributed by atoms with Crippen molar-refractivity contribution in [3.63, 3.8) is 0 Å². The maximum absolute atomic E-state index is 2.33. The van der Waals surface area contributed by atoms with E-state index in [-0.39, 0.29) is 5.48 Å². The van der Waals surface area contributed by atoms with E-state index in [1.54, 1.807) is 0 Å². The van der Waals surface area contributed by atoms with Crippen LogP contribution in [0, 0.1) is 0 Å². The summed E-state index contributed by atoms with van der Waals surface area (Å²) in [6.45, 7) is 29.8. The fourth-order valence-electron chi connectivity index (χ4n) is 5.21. The van der Waals surface area contributed by atoms with Gasteiger partial charge >= 0.3 is 0 Å². The molecule has 3 nitrogen and oxygen atoms in total. The van der Waals surface area contributed by atoms with Gasteiger partial charge in [0, 0.05) is 0 Å². The molecule has 0 aromatic carbocycles. The molecule has 0 aliphatic heterocycles. The zero-order chi connectivity index (χ0) is 23.1. The Hall–Kier alpha value is -0.120. The Morgan fingerprint density at radius 2 is 0.484 bits per heavy atom. The van der Waals surface area contributed by atoms with E-state index in [0.29, 0.717) is 0 Å². The summed E-state index contributed by atoms with van der Waals surface area (Å²) in [6, 6.07) is 0. The van der Waals surface area contributed by atoms with Crippen molar-refractivity contribution in [2.45, 2.75) is 132 Å². The second-order valence-electron chi connectivity index (χ2n) is 9.89. The van der Waals surface area contributed by atoms with Crippen molar-refractivity contribution in [1.29, 1.82) is 0 Å². The SMILES string of the molecule is CCCC[N+](CCCC)(CCCC)CCCC.CCC[N+](CCC)(CCC)CCC.O. The van der Waals surface area contributed by atoms with Gasteiger partial charge in [-0.25, -0.2) is 0 Å². The number of unbranched alkanes of at least 4 members (excludes halogenated alkanes) is 4. The molecule has 192 valence electrons. The van der Waals surface area contributed by atoms with E-state index >= 15 is 0 Å². The Morgan fingerprint density at radius 1 is 0.290 bits per heavy atom. The third-order valence-corrected chi connectivity index (χ3v) is 6.74. The average molecular weight is 447 g/mol. The number of hydrogen-bond donors (Lipinski definition) is 0. The minimum Gasteiger partial charge on any atom is -0.412 e. The zero-order valence-electron chi connectivity index (χ0n) is 23.5. The van der Waals surface area contributed by atoms with Gasteiger partial charge in [0.15, 0.2) is 0 Å². The summed E-state index contributed by atoms with van der Waals surface area (Å²) in [7, 11) is 0. The van der Waals surface area contributed by atoms with E-state index in [0.717, 1.165) is 0 Å². The lowest BCUT2D eigenvalue weighted by Gasteiger charge is -2.39. The normalized spacial score (nSPS) is 11.6. The van der Waals surface area contributed by atoms with Crippen molar-refractivity contribution < 1.29 is 14.4 Å². The molecular formula is C28H66N2O+2. The molecule has 0 saturated carbocycles. The summed E-state index contributed by atoms with van der Waals surface area (Å²) < 4.78 is 2.80. The van der Waals surface area contributed by atoms with E-state index in [1.165, 1.54) is 138 Å². The monoisotopic (exact) mass is 447 g/mol. The van der Waals surface area contributed by atoms with Crippen molar-refractivity contribution in [1.82, 2.24) is 0 Å². The molecular weight excluding hydrogens is 380 g/mol. The lowest BCUT2D eigenvalue weighted by atomic mass is 10.1. The first-order chi connectivity index (χ1) is 14.5. The molecule has 0 heterocycles. The van der Waals surface area contributed by atoms with Crippen LogP contribution in [0.5, 0.6) is 0 Å². The van der Waals surface area contributed by atoms with E-state index in [1.807, 2.05) is 0 Å². The fourth-order valence-corrected chi connectivity index (χ4v) is 5.21. The zero-order valence-corrected chi connectivity index (χ0v) is 23.5. The van der Waals surface area contributed by atoms with Gasteiger partial charge < -0.3 is 14.4 Å². The van der Waals surface area contributed by atoms with Gasteiger partial charge in [0.25, 0.3) is 0 Å². The van der Waals surface area contributed by atoms with Crippen LogP contribution in [0.25, 0.3) is 0 Å². The molecule has 0 aliphatic carbocycles. The molecule has 0 radical (unpaired) electrons. The molecule has 0 aliphatic rings. The molecule has 0 amide bonds. The summed E-state index contributed by atoms with van der Waals surface area (Å²) in [5.41, 5.74) is 0. The highest BCUT2D eigenvalue weighted by Gasteiger charge is 2.25. The average Bonchev–Trinajstić information content (AvgIpc) is 2.74. The minimum absolute atomic E-state index is 0. The molecule has 0 rings (SSSR count). The van der Waals surface area contributed by atoms with Gasteiger partial charge in [0.05, 0.1) is 52.4 Å². The van der Waals surface area contributed by atoms with Gasteiger partial charge in [-0.2, -0.15) is 0 Å². The summed E-state index contributed by atoms with van der Waals surface area (Å²) in [6.07, 6.45) is 16.4. The predicted molar refractivity (Wildman–Crippen MR) is 144 cm³/mol. The molecule has 0 atom stereocenters. The van der Waals surface area contributed by atoms with Crippen LogP contribution in [0.15, 0.2) is 0 Å². The number of quaternary nitrogens is 2. The van der Waals surface area contributed by atoms with Crippen LogP contribution in [-0.4, -0.2) is 66.8 Å². The first-order valence-electron chi connectivity index (χ1n) is 14.2. The van der Waals surface area contributed by atoms with Crippen LogP contribution < -0.4 is 0 Å². The Labute approximate surface area is 199 Å². The highest BCUT2D eigenvalue weighted by molar-refractivity contribution is 4.49. The molecule has 0 saturated heterocycles. The second kappa shape index (κ2) is 24.5. The van der Waals surface area contributed by atoms with Crippen molar-refractivity contribution in [3.05, 3.63) is 0 Å². The van der Waals surface area contributed by atoms with Crippen LogP contribution in [0.2, 0.25) is 0 Å². The smallest absolute Gasteiger partial charge is 0.0786 e. The van der Waals surface area contributed by atoms with Crippen molar-refractivity contribution >= 4 is 0 Å². The number of hydrogen-bond acceptors (Lipinski definition) is 0. The minimum atomic E-state index is 0. The lowest BCUT2D eigenvalue weighted by Crippen LogP contribution is -2.50. The van der Waals surface area contributed by atoms with Crippen LogP contribution in [0.4, 0.5) is 0 Å². The van der Waals surface area contributed by atoms with Crippen molar-refractivity contribution in [2.24, 2.45) is 0 Å². The first-order valence-corrected chi connectivity index (χ1v) is 14.2. The van der Waals surface area contributed by atoms with Gasteiger partial charge in [-0.05, 0) is 51.4 Å². The van der Waals surface area contributed by atoms with E-state index in [2.05, 4.69) is 55.4 Å². The van der Waals surface area contributed by atoms with Crippen LogP contribution in [0.3, 0.4) is 0 Å². The highest BCUT2D eigenvalue weighted by Crippen LogP contribution is 2.16. The topological polar surface area (TPSA) is 31.5 Å². The van der Waals surface area contributed by atoms with E-state index in [9.17, 15) is 0 Å². The van der Waals surface area contributed by atoms with Crippen molar-refractivity contribution in [3.8, 4) is 0 Å². The van der Waals surface area contributed by atoms with Crippen LogP contribution >= 0.6 is 0 Å². The Balaban J connectivity index is -0.000000507. The van der Waals surface area contributed by atoms with Crippen LogP contribution in [-0.2, 0) is 0 Å².